The van der Waals surface area contributed by atoms with E-state index >= 15 is 0 Å². The summed E-state index contributed by atoms with van der Waals surface area (Å²) in [4.78, 5) is 7.02. The van der Waals surface area contributed by atoms with Gasteiger partial charge in [0.15, 0.2) is 0 Å². The number of hydrogen-bond acceptors (Lipinski definition) is 4. The minimum absolute atomic E-state index is 0.422. The maximum absolute atomic E-state index is 6.05. The van der Waals surface area contributed by atoms with Crippen molar-refractivity contribution in [3.8, 4) is 0 Å². The number of nitrogens with zero attached hydrogens (tertiary/aromatic N) is 2. The van der Waals surface area contributed by atoms with Crippen LogP contribution in [0.15, 0.2) is 24.4 Å². The molecule has 1 aliphatic carbocycles. The Kier molecular flexibility index (Phi) is 3.49. The van der Waals surface area contributed by atoms with E-state index in [1.54, 1.807) is 0 Å². The monoisotopic (exact) mass is 290 g/mol. The predicted molar refractivity (Wildman–Crippen MR) is 81.8 cm³/mol. The van der Waals surface area contributed by atoms with Gasteiger partial charge in [-0.3, -0.25) is 9.88 Å². The third-order valence-corrected chi connectivity index (χ3v) is 6.52. The van der Waals surface area contributed by atoms with Crippen molar-refractivity contribution in [3.63, 3.8) is 0 Å². The van der Waals surface area contributed by atoms with Crippen LogP contribution in [-0.2, 0) is 11.3 Å². The smallest absolute Gasteiger partial charge is 0.0892 e. The number of rotatable bonds is 4. The fourth-order valence-electron chi connectivity index (χ4n) is 3.52. The van der Waals surface area contributed by atoms with Gasteiger partial charge in [0, 0.05) is 35.8 Å². The van der Waals surface area contributed by atoms with E-state index in [0.29, 0.717) is 17.5 Å². The van der Waals surface area contributed by atoms with Crippen LogP contribution in [0.2, 0.25) is 0 Å². The van der Waals surface area contributed by atoms with Gasteiger partial charge >= 0.3 is 0 Å². The summed E-state index contributed by atoms with van der Waals surface area (Å²) in [5.41, 5.74) is 1.04. The summed E-state index contributed by atoms with van der Waals surface area (Å²) in [5, 5.41) is 0. The molecule has 0 radical (unpaired) electrons. The summed E-state index contributed by atoms with van der Waals surface area (Å²) < 4.78 is 6.57. The first kappa shape index (κ1) is 13.1. The molecule has 1 aromatic heterocycles. The summed E-state index contributed by atoms with van der Waals surface area (Å²) >= 11 is 2.14. The molecule has 0 unspecified atom stereocenters. The summed E-state index contributed by atoms with van der Waals surface area (Å²) in [6, 6.07) is 6.93. The molecule has 1 spiro atoms. The molecule has 2 saturated heterocycles. The fraction of sp³-hybridized carbons (Fsp3) is 0.688. The number of pyridine rings is 1. The Balaban J connectivity index is 1.25. The van der Waals surface area contributed by atoms with Crippen molar-refractivity contribution >= 4 is 11.8 Å². The molecule has 1 atom stereocenters. The zero-order valence-corrected chi connectivity index (χ0v) is 12.6. The predicted octanol–water partition coefficient (Wildman–Crippen LogP) is 2.71. The molecule has 0 aromatic carbocycles. The summed E-state index contributed by atoms with van der Waals surface area (Å²) in [6.45, 7) is 3.26. The van der Waals surface area contributed by atoms with Gasteiger partial charge in [-0.25, -0.2) is 0 Å². The molecule has 0 amide bonds. The topological polar surface area (TPSA) is 25.4 Å². The van der Waals surface area contributed by atoms with Gasteiger partial charge in [0.1, 0.15) is 0 Å². The number of likely N-dealkylation sites (tertiary alicyclic amines) is 1. The third kappa shape index (κ3) is 2.49. The zero-order chi connectivity index (χ0) is 13.4. The van der Waals surface area contributed by atoms with Crippen LogP contribution in [0.5, 0.6) is 0 Å². The second kappa shape index (κ2) is 5.32. The molecule has 4 heteroatoms. The average molecular weight is 290 g/mol. The van der Waals surface area contributed by atoms with Crippen molar-refractivity contribution in [2.45, 2.75) is 49.2 Å². The molecule has 3 aliphatic rings. The fourth-order valence-corrected chi connectivity index (χ4v) is 5.09. The Bertz CT molecular complexity index is 457. The molecule has 4 rings (SSSR count). The Morgan fingerprint density at radius 1 is 1.35 bits per heavy atom. The molecule has 2 aliphatic heterocycles. The van der Waals surface area contributed by atoms with Crippen LogP contribution in [-0.4, -0.2) is 45.6 Å². The first-order chi connectivity index (χ1) is 9.83. The lowest BCUT2D eigenvalue weighted by atomic mass is 9.84. The highest BCUT2D eigenvalue weighted by molar-refractivity contribution is 8.01. The van der Waals surface area contributed by atoms with Crippen molar-refractivity contribution in [1.82, 2.24) is 9.88 Å². The molecule has 3 fully saturated rings. The minimum atomic E-state index is 0.422. The van der Waals surface area contributed by atoms with E-state index in [4.69, 9.17) is 4.74 Å². The Morgan fingerprint density at radius 3 is 2.95 bits per heavy atom. The van der Waals surface area contributed by atoms with Crippen molar-refractivity contribution < 1.29 is 4.74 Å². The lowest BCUT2D eigenvalue weighted by Gasteiger charge is -2.53. The Hall–Kier alpha value is -0.580. The van der Waals surface area contributed by atoms with E-state index < -0.39 is 0 Å². The molecular formula is C16H22N2OS. The van der Waals surface area contributed by atoms with Crippen molar-refractivity contribution in [2.24, 2.45) is 0 Å². The highest BCUT2D eigenvalue weighted by Gasteiger charge is 2.51. The quantitative estimate of drug-likeness (QED) is 0.851. The molecule has 0 bridgehead atoms. The molecule has 20 heavy (non-hydrogen) atoms. The summed E-state index contributed by atoms with van der Waals surface area (Å²) in [7, 11) is 0. The zero-order valence-electron chi connectivity index (χ0n) is 11.8. The largest absolute Gasteiger partial charge is 0.371 e. The maximum atomic E-state index is 6.05. The van der Waals surface area contributed by atoms with Gasteiger partial charge in [-0.15, -0.1) is 11.8 Å². The van der Waals surface area contributed by atoms with Crippen LogP contribution < -0.4 is 0 Å². The van der Waals surface area contributed by atoms with Crippen LogP contribution in [0, 0.1) is 0 Å². The van der Waals surface area contributed by atoms with Gasteiger partial charge in [0.2, 0.25) is 0 Å². The van der Waals surface area contributed by atoms with Gasteiger partial charge < -0.3 is 4.74 Å². The normalized spacial score (nSPS) is 29.3. The lowest BCUT2D eigenvalue weighted by molar-refractivity contribution is -0.000231. The van der Waals surface area contributed by atoms with Gasteiger partial charge in [0.05, 0.1) is 18.4 Å². The summed E-state index contributed by atoms with van der Waals surface area (Å²) in [6.07, 6.45) is 7.79. The van der Waals surface area contributed by atoms with Crippen LogP contribution in [0.3, 0.4) is 0 Å². The van der Waals surface area contributed by atoms with Crippen LogP contribution in [0.4, 0.5) is 0 Å². The third-order valence-electron chi connectivity index (χ3n) is 4.94. The van der Waals surface area contributed by atoms with E-state index in [-0.39, 0.29) is 0 Å². The van der Waals surface area contributed by atoms with Crippen molar-refractivity contribution in [2.75, 3.05) is 18.8 Å². The molecule has 1 saturated carbocycles. The molecule has 0 N–H and O–H groups in total. The second-order valence-corrected chi connectivity index (χ2v) is 7.93. The highest BCUT2D eigenvalue weighted by Crippen LogP contribution is 2.48. The molecule has 3 nitrogen and oxygen atoms in total. The Morgan fingerprint density at radius 2 is 2.25 bits per heavy atom. The molecule has 3 heterocycles. The number of hydrogen-bond donors (Lipinski definition) is 0. The standard InChI is InChI=1S/C16H22N2OS/c1-2-7-17-13(4-1)9-19-15-8-16(20-10-15)11-18(12-16)14-5-3-6-14/h1-2,4,7,14-15H,3,5-6,8-12H2/t15-/m0/s1. The van der Waals surface area contributed by atoms with Gasteiger partial charge in [-0.2, -0.15) is 0 Å². The minimum Gasteiger partial charge on any atom is -0.371 e. The highest BCUT2D eigenvalue weighted by atomic mass is 32.2. The van der Waals surface area contributed by atoms with Crippen molar-refractivity contribution in [1.29, 1.82) is 0 Å². The van der Waals surface area contributed by atoms with Gasteiger partial charge in [0.25, 0.3) is 0 Å². The number of aromatic nitrogens is 1. The maximum Gasteiger partial charge on any atom is 0.0892 e. The van der Waals surface area contributed by atoms with E-state index in [9.17, 15) is 0 Å². The molecule has 108 valence electrons. The first-order valence-corrected chi connectivity index (χ1v) is 8.71. The van der Waals surface area contributed by atoms with Gasteiger partial charge in [-0.1, -0.05) is 12.5 Å². The second-order valence-electron chi connectivity index (χ2n) is 6.44. The van der Waals surface area contributed by atoms with E-state index in [0.717, 1.165) is 17.5 Å². The number of ether oxygens (including phenoxy) is 1. The summed E-state index contributed by atoms with van der Waals surface area (Å²) in [5.74, 6) is 1.16. The first-order valence-electron chi connectivity index (χ1n) is 7.73. The van der Waals surface area contributed by atoms with Crippen LogP contribution in [0.1, 0.15) is 31.4 Å². The van der Waals surface area contributed by atoms with E-state index in [1.807, 2.05) is 24.4 Å². The molecule has 1 aromatic rings. The van der Waals surface area contributed by atoms with E-state index in [2.05, 4.69) is 21.6 Å². The van der Waals surface area contributed by atoms with Gasteiger partial charge in [-0.05, 0) is 31.4 Å². The average Bonchev–Trinajstić information content (AvgIpc) is 2.80. The number of thioether (sulfide) groups is 1. The van der Waals surface area contributed by atoms with Crippen molar-refractivity contribution in [3.05, 3.63) is 30.1 Å². The lowest BCUT2D eigenvalue weighted by Crippen LogP contribution is -2.63. The Labute approximate surface area is 125 Å². The molecular weight excluding hydrogens is 268 g/mol. The van der Waals surface area contributed by atoms with E-state index in [1.165, 1.54) is 38.8 Å². The van der Waals surface area contributed by atoms with Crippen LogP contribution in [0.25, 0.3) is 0 Å². The SMILES string of the molecule is c1ccc(CO[C@@H]2CSC3(C2)CN(C2CCC2)C3)nc1. The van der Waals surface area contributed by atoms with Crippen LogP contribution >= 0.6 is 11.8 Å².